The van der Waals surface area contributed by atoms with Crippen molar-refractivity contribution in [2.45, 2.75) is 19.9 Å². The maximum atomic E-state index is 11.3. The van der Waals surface area contributed by atoms with Crippen molar-refractivity contribution in [2.75, 3.05) is 17.6 Å². The standard InChI is InChI=1S/C10H16N4O/c1-7(2)14-9(15)6-13-10-8(11)4-3-5-12-10/h3-5,7H,6,11H2,1-2H3,(H,12,13)(H,14,15). The van der Waals surface area contributed by atoms with E-state index in [9.17, 15) is 4.79 Å². The van der Waals surface area contributed by atoms with Crippen LogP contribution in [0.5, 0.6) is 0 Å². The maximum absolute atomic E-state index is 11.3. The Labute approximate surface area is 89.1 Å². The first-order valence-corrected chi connectivity index (χ1v) is 4.83. The van der Waals surface area contributed by atoms with E-state index >= 15 is 0 Å². The lowest BCUT2D eigenvalue weighted by molar-refractivity contribution is -0.119. The topological polar surface area (TPSA) is 80.0 Å². The molecule has 0 aliphatic rings. The minimum atomic E-state index is -0.0740. The van der Waals surface area contributed by atoms with Crippen molar-refractivity contribution in [3.8, 4) is 0 Å². The average molecular weight is 208 g/mol. The third-order valence-corrected chi connectivity index (χ3v) is 1.70. The van der Waals surface area contributed by atoms with Gasteiger partial charge in [-0.05, 0) is 26.0 Å². The van der Waals surface area contributed by atoms with Crippen LogP contribution >= 0.6 is 0 Å². The molecule has 1 aromatic heterocycles. The number of nitrogen functional groups attached to an aromatic ring is 1. The van der Waals surface area contributed by atoms with Crippen LogP contribution in [0.15, 0.2) is 18.3 Å². The first kappa shape index (κ1) is 11.3. The fourth-order valence-electron chi connectivity index (χ4n) is 1.10. The maximum Gasteiger partial charge on any atom is 0.239 e. The number of amides is 1. The van der Waals surface area contributed by atoms with Crippen LogP contribution in [0.3, 0.4) is 0 Å². The second-order valence-electron chi connectivity index (χ2n) is 3.52. The van der Waals surface area contributed by atoms with Gasteiger partial charge in [0.1, 0.15) is 5.82 Å². The molecule has 1 amide bonds. The third kappa shape index (κ3) is 3.84. The number of carbonyl (C=O) groups excluding carboxylic acids is 1. The number of nitrogens with one attached hydrogen (secondary N) is 2. The van der Waals surface area contributed by atoms with Crippen molar-refractivity contribution in [1.29, 1.82) is 0 Å². The van der Waals surface area contributed by atoms with E-state index in [-0.39, 0.29) is 18.5 Å². The molecule has 0 atom stereocenters. The van der Waals surface area contributed by atoms with Crippen molar-refractivity contribution in [1.82, 2.24) is 10.3 Å². The van der Waals surface area contributed by atoms with Crippen LogP contribution in [0.25, 0.3) is 0 Å². The number of nitrogens with two attached hydrogens (primary N) is 1. The Morgan fingerprint density at radius 1 is 1.60 bits per heavy atom. The molecule has 0 radical (unpaired) electrons. The van der Waals surface area contributed by atoms with Gasteiger partial charge in [-0.2, -0.15) is 0 Å². The molecule has 5 nitrogen and oxygen atoms in total. The molecule has 15 heavy (non-hydrogen) atoms. The normalized spacial score (nSPS) is 10.1. The molecule has 0 fully saturated rings. The summed E-state index contributed by atoms with van der Waals surface area (Å²) in [7, 11) is 0. The molecular weight excluding hydrogens is 192 g/mol. The Morgan fingerprint density at radius 3 is 2.93 bits per heavy atom. The zero-order chi connectivity index (χ0) is 11.3. The number of aromatic nitrogens is 1. The number of hydrogen-bond acceptors (Lipinski definition) is 4. The molecule has 0 unspecified atom stereocenters. The molecule has 0 saturated carbocycles. The number of rotatable bonds is 4. The monoisotopic (exact) mass is 208 g/mol. The second kappa shape index (κ2) is 5.19. The van der Waals surface area contributed by atoms with Gasteiger partial charge in [-0.1, -0.05) is 0 Å². The second-order valence-corrected chi connectivity index (χ2v) is 3.52. The van der Waals surface area contributed by atoms with Crippen LogP contribution in [0.1, 0.15) is 13.8 Å². The number of nitrogens with zero attached hydrogens (tertiary/aromatic N) is 1. The summed E-state index contributed by atoms with van der Waals surface area (Å²) in [5.74, 6) is 0.464. The SMILES string of the molecule is CC(C)NC(=O)CNc1ncccc1N. The Bertz CT molecular complexity index is 338. The first-order valence-electron chi connectivity index (χ1n) is 4.83. The van der Waals surface area contributed by atoms with Gasteiger partial charge in [0.25, 0.3) is 0 Å². The summed E-state index contributed by atoms with van der Waals surface area (Å²) in [6.07, 6.45) is 1.62. The summed E-state index contributed by atoms with van der Waals surface area (Å²) in [4.78, 5) is 15.3. The van der Waals surface area contributed by atoms with Crippen LogP contribution < -0.4 is 16.4 Å². The molecule has 0 aliphatic carbocycles. The zero-order valence-corrected chi connectivity index (χ0v) is 8.95. The predicted octanol–water partition coefficient (Wildman–Crippen LogP) is 0.600. The van der Waals surface area contributed by atoms with Crippen molar-refractivity contribution >= 4 is 17.4 Å². The van der Waals surface area contributed by atoms with Crippen LogP contribution in [-0.2, 0) is 4.79 Å². The van der Waals surface area contributed by atoms with Gasteiger partial charge in [0.2, 0.25) is 5.91 Å². The highest BCUT2D eigenvalue weighted by Gasteiger charge is 2.04. The Hall–Kier alpha value is -1.78. The van der Waals surface area contributed by atoms with E-state index in [0.29, 0.717) is 11.5 Å². The third-order valence-electron chi connectivity index (χ3n) is 1.70. The number of pyridine rings is 1. The van der Waals surface area contributed by atoms with Gasteiger partial charge in [0.05, 0.1) is 12.2 Å². The van der Waals surface area contributed by atoms with Gasteiger partial charge in [-0.25, -0.2) is 4.98 Å². The van der Waals surface area contributed by atoms with Gasteiger partial charge in [-0.3, -0.25) is 4.79 Å². The van der Waals surface area contributed by atoms with Crippen molar-refractivity contribution in [3.05, 3.63) is 18.3 Å². The first-order chi connectivity index (χ1) is 7.09. The molecule has 5 heteroatoms. The molecule has 1 heterocycles. The van der Waals surface area contributed by atoms with Gasteiger partial charge in [0.15, 0.2) is 0 Å². The van der Waals surface area contributed by atoms with E-state index in [1.165, 1.54) is 0 Å². The summed E-state index contributed by atoms with van der Waals surface area (Å²) < 4.78 is 0. The highest BCUT2D eigenvalue weighted by molar-refractivity contribution is 5.81. The molecule has 82 valence electrons. The summed E-state index contributed by atoms with van der Waals surface area (Å²) in [5, 5.41) is 5.63. The number of hydrogen-bond donors (Lipinski definition) is 3. The zero-order valence-electron chi connectivity index (χ0n) is 8.95. The number of anilines is 2. The summed E-state index contributed by atoms with van der Waals surface area (Å²) >= 11 is 0. The largest absolute Gasteiger partial charge is 0.396 e. The summed E-state index contributed by atoms with van der Waals surface area (Å²) in [6, 6.07) is 3.62. The van der Waals surface area contributed by atoms with E-state index < -0.39 is 0 Å². The Balaban J connectivity index is 2.44. The quantitative estimate of drug-likeness (QED) is 0.677. The molecule has 1 rings (SSSR count). The van der Waals surface area contributed by atoms with Crippen LogP contribution in [0, 0.1) is 0 Å². The Morgan fingerprint density at radius 2 is 2.33 bits per heavy atom. The molecule has 0 aliphatic heterocycles. The van der Waals surface area contributed by atoms with Gasteiger partial charge < -0.3 is 16.4 Å². The summed E-state index contributed by atoms with van der Waals surface area (Å²) in [5.41, 5.74) is 6.19. The molecule has 0 aromatic carbocycles. The smallest absolute Gasteiger partial charge is 0.239 e. The average Bonchev–Trinajstić information content (AvgIpc) is 2.15. The minimum absolute atomic E-state index is 0.0740. The Kier molecular flexibility index (Phi) is 3.91. The minimum Gasteiger partial charge on any atom is -0.396 e. The van der Waals surface area contributed by atoms with Gasteiger partial charge >= 0.3 is 0 Å². The van der Waals surface area contributed by atoms with Gasteiger partial charge in [-0.15, -0.1) is 0 Å². The molecule has 0 spiro atoms. The molecular formula is C10H16N4O. The van der Waals surface area contributed by atoms with Crippen LogP contribution in [0.2, 0.25) is 0 Å². The van der Waals surface area contributed by atoms with E-state index in [4.69, 9.17) is 5.73 Å². The fourth-order valence-corrected chi connectivity index (χ4v) is 1.10. The lowest BCUT2D eigenvalue weighted by Crippen LogP contribution is -2.35. The van der Waals surface area contributed by atoms with Crippen molar-refractivity contribution in [3.63, 3.8) is 0 Å². The highest BCUT2D eigenvalue weighted by atomic mass is 16.1. The molecule has 0 bridgehead atoms. The lowest BCUT2D eigenvalue weighted by atomic mass is 10.3. The summed E-state index contributed by atoms with van der Waals surface area (Å²) in [6.45, 7) is 4.00. The van der Waals surface area contributed by atoms with Crippen molar-refractivity contribution in [2.24, 2.45) is 0 Å². The van der Waals surface area contributed by atoms with E-state index in [1.54, 1.807) is 18.3 Å². The van der Waals surface area contributed by atoms with E-state index in [1.807, 2.05) is 13.8 Å². The fraction of sp³-hybridized carbons (Fsp3) is 0.400. The number of carbonyl (C=O) groups is 1. The van der Waals surface area contributed by atoms with Gasteiger partial charge in [0, 0.05) is 12.2 Å². The van der Waals surface area contributed by atoms with Crippen molar-refractivity contribution < 1.29 is 4.79 Å². The van der Waals surface area contributed by atoms with Crippen LogP contribution in [-0.4, -0.2) is 23.5 Å². The van der Waals surface area contributed by atoms with E-state index in [0.717, 1.165) is 0 Å². The predicted molar refractivity (Wildman–Crippen MR) is 60.4 cm³/mol. The molecule has 1 aromatic rings. The van der Waals surface area contributed by atoms with Crippen LogP contribution in [0.4, 0.5) is 11.5 Å². The lowest BCUT2D eigenvalue weighted by Gasteiger charge is -2.10. The molecule has 0 saturated heterocycles. The van der Waals surface area contributed by atoms with E-state index in [2.05, 4.69) is 15.6 Å². The molecule has 4 N–H and O–H groups in total. The highest BCUT2D eigenvalue weighted by Crippen LogP contribution is 2.11.